The van der Waals surface area contributed by atoms with E-state index in [0.29, 0.717) is 6.61 Å². The van der Waals surface area contributed by atoms with Crippen LogP contribution in [0, 0.1) is 0 Å². The minimum atomic E-state index is -2.45. The Morgan fingerprint density at radius 1 is 1.50 bits per heavy atom. The van der Waals surface area contributed by atoms with Gasteiger partial charge in [0, 0.05) is 6.66 Å². The molecule has 0 aliphatic carbocycles. The van der Waals surface area contributed by atoms with Gasteiger partial charge < -0.3 is 4.52 Å². The molecule has 62 valence electrons. The maximum absolute atomic E-state index is 11.4. The molecule has 0 saturated heterocycles. The first kappa shape index (κ1) is 10.2. The van der Waals surface area contributed by atoms with E-state index >= 15 is 0 Å². The van der Waals surface area contributed by atoms with Crippen molar-refractivity contribution in [3.63, 3.8) is 0 Å². The summed E-state index contributed by atoms with van der Waals surface area (Å²) in [4.78, 5) is 0. The van der Waals surface area contributed by atoms with E-state index < -0.39 is 7.52 Å². The molecule has 10 heavy (non-hydrogen) atoms. The van der Waals surface area contributed by atoms with Gasteiger partial charge in [-0.05, 0) is 20.5 Å². The molecule has 0 aliphatic rings. The third kappa shape index (κ3) is 3.35. The van der Waals surface area contributed by atoms with Crippen LogP contribution in [0.2, 0.25) is 0 Å². The van der Waals surface area contributed by atoms with Gasteiger partial charge in [-0.1, -0.05) is 6.92 Å². The Bertz CT molecular complexity index is 136. The number of rotatable bonds is 4. The first-order chi connectivity index (χ1) is 4.50. The van der Waals surface area contributed by atoms with Gasteiger partial charge in [0.1, 0.15) is 0 Å². The molecule has 0 aliphatic heterocycles. The molecule has 0 bridgehead atoms. The van der Waals surface area contributed by atoms with Crippen LogP contribution in [-0.2, 0) is 9.09 Å². The van der Waals surface area contributed by atoms with Gasteiger partial charge in [0.2, 0.25) is 0 Å². The first-order valence-electron chi connectivity index (χ1n) is 3.40. The topological polar surface area (TPSA) is 29.5 Å². The van der Waals surface area contributed by atoms with Gasteiger partial charge in [0.25, 0.3) is 7.52 Å². The minimum absolute atomic E-state index is 0.575. The van der Waals surface area contributed by atoms with Crippen molar-refractivity contribution < 1.29 is 9.09 Å². The predicted octanol–water partition coefficient (Wildman–Crippen LogP) is 1.80. The molecule has 0 radical (unpaired) electrons. The quantitative estimate of drug-likeness (QED) is 0.595. The van der Waals surface area contributed by atoms with E-state index in [1.165, 1.54) is 0 Å². The lowest BCUT2D eigenvalue weighted by molar-refractivity contribution is 0.286. The van der Waals surface area contributed by atoms with E-state index in [2.05, 4.69) is 0 Å². The van der Waals surface area contributed by atoms with Gasteiger partial charge >= 0.3 is 0 Å². The Hall–Kier alpha value is 0.150. The summed E-state index contributed by atoms with van der Waals surface area (Å²) in [5.74, 6) is 0. The maximum Gasteiger partial charge on any atom is 0.268 e. The Kier molecular flexibility index (Phi) is 4.18. The lowest BCUT2D eigenvalue weighted by Gasteiger charge is -2.19. The van der Waals surface area contributed by atoms with E-state index in [1.54, 1.807) is 25.4 Å². The second kappa shape index (κ2) is 4.12. The van der Waals surface area contributed by atoms with Crippen LogP contribution >= 0.6 is 7.52 Å². The molecule has 1 unspecified atom stereocenters. The average Bonchev–Trinajstić information content (AvgIpc) is 1.84. The molecule has 1 atom stereocenters. The number of nitrogens with zero attached hydrogens (tertiary/aromatic N) is 1. The fraction of sp³-hybridized carbons (Fsp3) is 1.00. The minimum Gasteiger partial charge on any atom is -0.318 e. The predicted molar refractivity (Wildman–Crippen MR) is 43.5 cm³/mol. The van der Waals surface area contributed by atoms with Crippen molar-refractivity contribution in [3.05, 3.63) is 0 Å². The number of hydrogen-bond acceptors (Lipinski definition) is 2. The molecule has 0 fully saturated rings. The normalized spacial score (nSPS) is 17.3. The molecule has 0 saturated carbocycles. The van der Waals surface area contributed by atoms with Crippen molar-refractivity contribution in [3.8, 4) is 0 Å². The molecule has 0 amide bonds. The van der Waals surface area contributed by atoms with Crippen LogP contribution in [0.25, 0.3) is 0 Å². The monoisotopic (exact) mass is 165 g/mol. The van der Waals surface area contributed by atoms with Gasteiger partial charge in [-0.2, -0.15) is 0 Å². The van der Waals surface area contributed by atoms with Crippen molar-refractivity contribution >= 4 is 7.52 Å². The fourth-order valence-electron chi connectivity index (χ4n) is 0.376. The highest BCUT2D eigenvalue weighted by Gasteiger charge is 2.17. The second-order valence-corrected chi connectivity index (χ2v) is 5.15. The van der Waals surface area contributed by atoms with Crippen molar-refractivity contribution in [2.75, 3.05) is 27.4 Å². The summed E-state index contributed by atoms with van der Waals surface area (Å²) in [5.41, 5.74) is 0. The molecule has 0 spiro atoms. The molecule has 4 heteroatoms. The van der Waals surface area contributed by atoms with Crippen molar-refractivity contribution in [2.45, 2.75) is 13.3 Å². The molecular weight excluding hydrogens is 149 g/mol. The number of hydrogen-bond donors (Lipinski definition) is 0. The molecule has 0 aromatic heterocycles. The van der Waals surface area contributed by atoms with Crippen molar-refractivity contribution in [1.29, 1.82) is 0 Å². The van der Waals surface area contributed by atoms with Gasteiger partial charge in [0.05, 0.1) is 6.61 Å². The van der Waals surface area contributed by atoms with E-state index in [0.717, 1.165) is 6.42 Å². The lowest BCUT2D eigenvalue weighted by Crippen LogP contribution is -2.09. The van der Waals surface area contributed by atoms with Crippen LogP contribution < -0.4 is 0 Å². The zero-order valence-corrected chi connectivity index (χ0v) is 8.02. The summed E-state index contributed by atoms with van der Waals surface area (Å²) in [5, 5.41) is 0. The van der Waals surface area contributed by atoms with E-state index in [4.69, 9.17) is 4.52 Å². The summed E-state index contributed by atoms with van der Waals surface area (Å²) in [6.07, 6.45) is 0.908. The molecule has 0 rings (SSSR count). The lowest BCUT2D eigenvalue weighted by atomic mass is 10.5. The highest BCUT2D eigenvalue weighted by atomic mass is 31.2. The Balaban J connectivity index is 3.76. The Morgan fingerprint density at radius 3 is 2.30 bits per heavy atom. The summed E-state index contributed by atoms with van der Waals surface area (Å²) < 4.78 is 18.1. The summed E-state index contributed by atoms with van der Waals surface area (Å²) in [6, 6.07) is 0. The smallest absolute Gasteiger partial charge is 0.268 e. The fourth-order valence-corrected chi connectivity index (χ4v) is 1.13. The highest BCUT2D eigenvalue weighted by molar-refractivity contribution is 7.55. The SMILES string of the molecule is CCCOP(C)(=O)N(C)C. The molecule has 0 aromatic carbocycles. The van der Waals surface area contributed by atoms with Gasteiger partial charge in [-0.15, -0.1) is 0 Å². The summed E-state index contributed by atoms with van der Waals surface area (Å²) in [6.45, 7) is 4.20. The standard InChI is InChI=1S/C6H16NO2P/c1-5-6-9-10(4,8)7(2)3/h5-6H2,1-4H3. The molecule has 0 N–H and O–H groups in total. The van der Waals surface area contributed by atoms with Crippen LogP contribution in [0.5, 0.6) is 0 Å². The second-order valence-electron chi connectivity index (χ2n) is 2.48. The average molecular weight is 165 g/mol. The van der Waals surface area contributed by atoms with Crippen LogP contribution in [-0.4, -0.2) is 32.0 Å². The third-order valence-corrected chi connectivity index (χ3v) is 3.38. The molecule has 0 aromatic rings. The van der Waals surface area contributed by atoms with Crippen molar-refractivity contribution in [1.82, 2.24) is 4.67 Å². The van der Waals surface area contributed by atoms with E-state index in [1.807, 2.05) is 6.92 Å². The highest BCUT2D eigenvalue weighted by Crippen LogP contribution is 2.44. The summed E-state index contributed by atoms with van der Waals surface area (Å²) >= 11 is 0. The molecule has 3 nitrogen and oxygen atoms in total. The zero-order valence-electron chi connectivity index (χ0n) is 7.13. The van der Waals surface area contributed by atoms with Crippen LogP contribution in [0.15, 0.2) is 0 Å². The van der Waals surface area contributed by atoms with Gasteiger partial charge in [-0.25, -0.2) is 4.67 Å². The zero-order chi connectivity index (χ0) is 8.20. The van der Waals surface area contributed by atoms with Crippen LogP contribution in [0.4, 0.5) is 0 Å². The van der Waals surface area contributed by atoms with Crippen molar-refractivity contribution in [2.24, 2.45) is 0 Å². The van der Waals surface area contributed by atoms with E-state index in [9.17, 15) is 4.57 Å². The molecule has 0 heterocycles. The Labute approximate surface area is 62.9 Å². The summed E-state index contributed by atoms with van der Waals surface area (Å²) in [7, 11) is 1.07. The molecular formula is C6H16NO2P. The first-order valence-corrected chi connectivity index (χ1v) is 5.43. The van der Waals surface area contributed by atoms with E-state index in [-0.39, 0.29) is 0 Å². The third-order valence-electron chi connectivity index (χ3n) is 1.26. The largest absolute Gasteiger partial charge is 0.318 e. The Morgan fingerprint density at radius 2 is 2.00 bits per heavy atom. The van der Waals surface area contributed by atoms with Crippen LogP contribution in [0.1, 0.15) is 13.3 Å². The maximum atomic E-state index is 11.4. The van der Waals surface area contributed by atoms with Crippen LogP contribution in [0.3, 0.4) is 0 Å². The van der Waals surface area contributed by atoms with Gasteiger partial charge in [-0.3, -0.25) is 4.57 Å². The van der Waals surface area contributed by atoms with Gasteiger partial charge in [0.15, 0.2) is 0 Å².